The molecule has 9 nitrogen and oxygen atoms in total. The van der Waals surface area contributed by atoms with E-state index in [0.29, 0.717) is 4.57 Å². The second-order valence-corrected chi connectivity index (χ2v) is 2.77. The highest BCUT2D eigenvalue weighted by molar-refractivity contribution is 5.80. The highest BCUT2D eigenvalue weighted by Gasteiger charge is 2.03. The highest BCUT2D eigenvalue weighted by atomic mass is 17.2. The topological polar surface area (TPSA) is 123 Å². The van der Waals surface area contributed by atoms with Crippen LogP contribution >= 0.6 is 0 Å². The Kier molecular flexibility index (Phi) is 4.17. The lowest BCUT2D eigenvalue weighted by Crippen LogP contribution is -2.43. The molecule has 0 saturated carbocycles. The SMILES string of the molecule is C=CC(=O)OOCCn1c(=O)[nH]c(=O)[nH]c1=O. The molecule has 0 aliphatic carbocycles. The van der Waals surface area contributed by atoms with E-state index in [1.165, 1.54) is 0 Å². The summed E-state index contributed by atoms with van der Waals surface area (Å²) in [6.07, 6.45) is 0.888. The quantitative estimate of drug-likeness (QED) is 0.264. The molecule has 0 amide bonds. The van der Waals surface area contributed by atoms with Crippen molar-refractivity contribution >= 4 is 5.97 Å². The van der Waals surface area contributed by atoms with Crippen LogP contribution in [0.5, 0.6) is 0 Å². The summed E-state index contributed by atoms with van der Waals surface area (Å²) >= 11 is 0. The van der Waals surface area contributed by atoms with E-state index in [2.05, 4.69) is 16.4 Å². The van der Waals surface area contributed by atoms with Crippen LogP contribution < -0.4 is 17.1 Å². The fourth-order valence-electron chi connectivity index (χ4n) is 0.918. The maximum Gasteiger partial charge on any atom is 0.365 e. The molecule has 0 bridgehead atoms. The van der Waals surface area contributed by atoms with E-state index in [1.54, 1.807) is 0 Å². The van der Waals surface area contributed by atoms with Gasteiger partial charge in [-0.05, 0) is 0 Å². The molecule has 0 atom stereocenters. The third-order valence-corrected chi connectivity index (χ3v) is 1.64. The summed E-state index contributed by atoms with van der Waals surface area (Å²) in [7, 11) is 0. The standard InChI is InChI=1S/C8H9N3O6/c1-2-5(12)17-16-4-3-11-7(14)9-6(13)10-8(11)15/h2H,1,3-4H2,(H2,9,10,13,14,15). The molecule has 0 aliphatic rings. The summed E-state index contributed by atoms with van der Waals surface area (Å²) in [5, 5.41) is 0. The largest absolute Gasteiger partial charge is 0.365 e. The molecule has 17 heavy (non-hydrogen) atoms. The van der Waals surface area contributed by atoms with E-state index in [1.807, 2.05) is 9.97 Å². The van der Waals surface area contributed by atoms with Crippen molar-refractivity contribution in [2.45, 2.75) is 6.54 Å². The van der Waals surface area contributed by atoms with Gasteiger partial charge in [-0.1, -0.05) is 6.58 Å². The van der Waals surface area contributed by atoms with E-state index in [9.17, 15) is 19.2 Å². The van der Waals surface area contributed by atoms with Gasteiger partial charge in [0.05, 0.1) is 6.54 Å². The molecule has 9 heteroatoms. The van der Waals surface area contributed by atoms with Gasteiger partial charge in [0.25, 0.3) is 0 Å². The first-order chi connectivity index (χ1) is 8.04. The fraction of sp³-hybridized carbons (Fsp3) is 0.250. The Morgan fingerprint density at radius 2 is 1.88 bits per heavy atom. The van der Waals surface area contributed by atoms with Crippen molar-refractivity contribution in [1.29, 1.82) is 0 Å². The molecule has 92 valence electrons. The van der Waals surface area contributed by atoms with E-state index < -0.39 is 23.0 Å². The minimum absolute atomic E-state index is 0.185. The van der Waals surface area contributed by atoms with Gasteiger partial charge < -0.3 is 0 Å². The number of hydrogen-bond acceptors (Lipinski definition) is 6. The van der Waals surface area contributed by atoms with Crippen molar-refractivity contribution < 1.29 is 14.6 Å². The van der Waals surface area contributed by atoms with Crippen LogP contribution in [0.1, 0.15) is 0 Å². The Labute approximate surface area is 93.2 Å². The van der Waals surface area contributed by atoms with Gasteiger partial charge in [0.1, 0.15) is 6.61 Å². The minimum atomic E-state index is -0.893. The zero-order chi connectivity index (χ0) is 12.8. The number of aromatic amines is 2. The van der Waals surface area contributed by atoms with Gasteiger partial charge in [-0.25, -0.2) is 23.7 Å². The summed E-state index contributed by atoms with van der Waals surface area (Å²) in [5.41, 5.74) is -2.65. The van der Waals surface area contributed by atoms with Gasteiger partial charge in [0.15, 0.2) is 0 Å². The van der Waals surface area contributed by atoms with Crippen LogP contribution in [0.2, 0.25) is 0 Å². The molecule has 0 aromatic carbocycles. The molecule has 0 fully saturated rings. The summed E-state index contributed by atoms with van der Waals surface area (Å²) < 4.78 is 0.684. The van der Waals surface area contributed by atoms with Gasteiger partial charge in [0.2, 0.25) is 0 Å². The molecule has 1 aromatic rings. The number of nitrogens with zero attached hydrogens (tertiary/aromatic N) is 1. The number of carbonyl (C=O) groups excluding carboxylic acids is 1. The lowest BCUT2D eigenvalue weighted by atomic mass is 10.6. The fourth-order valence-corrected chi connectivity index (χ4v) is 0.918. The Morgan fingerprint density at radius 1 is 1.29 bits per heavy atom. The molecular formula is C8H9N3O6. The molecule has 2 N–H and O–H groups in total. The molecule has 0 spiro atoms. The van der Waals surface area contributed by atoms with Crippen molar-refractivity contribution in [2.24, 2.45) is 0 Å². The minimum Gasteiger partial charge on any atom is -0.293 e. The van der Waals surface area contributed by atoms with Gasteiger partial charge in [-0.3, -0.25) is 14.9 Å². The van der Waals surface area contributed by atoms with Crippen molar-refractivity contribution in [3.63, 3.8) is 0 Å². The number of rotatable bonds is 5. The molecule has 0 unspecified atom stereocenters. The number of H-pyrrole nitrogens is 2. The van der Waals surface area contributed by atoms with Gasteiger partial charge in [-0.15, -0.1) is 0 Å². The normalized spacial score (nSPS) is 9.88. The van der Waals surface area contributed by atoms with E-state index in [-0.39, 0.29) is 13.2 Å². The smallest absolute Gasteiger partial charge is 0.293 e. The maximum absolute atomic E-state index is 11.2. The highest BCUT2D eigenvalue weighted by Crippen LogP contribution is 1.82. The maximum atomic E-state index is 11.2. The third kappa shape index (κ3) is 3.57. The lowest BCUT2D eigenvalue weighted by Gasteiger charge is -2.02. The van der Waals surface area contributed by atoms with Crippen molar-refractivity contribution in [2.75, 3.05) is 6.61 Å². The summed E-state index contributed by atoms with van der Waals surface area (Å²) in [4.78, 5) is 55.8. The van der Waals surface area contributed by atoms with Crippen LogP contribution in [0.15, 0.2) is 27.0 Å². The monoisotopic (exact) mass is 243 g/mol. The second-order valence-electron chi connectivity index (χ2n) is 2.77. The van der Waals surface area contributed by atoms with Crippen molar-refractivity contribution in [3.05, 3.63) is 44.1 Å². The van der Waals surface area contributed by atoms with E-state index in [4.69, 9.17) is 0 Å². The van der Waals surface area contributed by atoms with Crippen LogP contribution in [-0.4, -0.2) is 27.1 Å². The van der Waals surface area contributed by atoms with Crippen LogP contribution in [0, 0.1) is 0 Å². The van der Waals surface area contributed by atoms with Crippen LogP contribution in [0.25, 0.3) is 0 Å². The lowest BCUT2D eigenvalue weighted by molar-refractivity contribution is -0.268. The molecule has 1 rings (SSSR count). The zero-order valence-electron chi connectivity index (χ0n) is 8.60. The first kappa shape index (κ1) is 12.6. The summed E-state index contributed by atoms with van der Waals surface area (Å²) in [6.45, 7) is 2.72. The van der Waals surface area contributed by atoms with Crippen LogP contribution in [0.3, 0.4) is 0 Å². The Bertz CT molecular complexity index is 546. The van der Waals surface area contributed by atoms with E-state index >= 15 is 0 Å². The number of aromatic nitrogens is 3. The first-order valence-electron chi connectivity index (χ1n) is 4.44. The summed E-state index contributed by atoms with van der Waals surface area (Å²) in [5.74, 6) is -0.798. The number of hydrogen-bond donors (Lipinski definition) is 2. The van der Waals surface area contributed by atoms with Gasteiger partial charge in [-0.2, -0.15) is 4.89 Å². The van der Waals surface area contributed by atoms with Gasteiger partial charge in [0, 0.05) is 6.08 Å². The Hall–Kier alpha value is -2.42. The van der Waals surface area contributed by atoms with Crippen molar-refractivity contribution in [3.8, 4) is 0 Å². The average Bonchev–Trinajstić information content (AvgIpc) is 2.26. The van der Waals surface area contributed by atoms with Crippen molar-refractivity contribution in [1.82, 2.24) is 14.5 Å². The third-order valence-electron chi connectivity index (χ3n) is 1.64. The first-order valence-corrected chi connectivity index (χ1v) is 4.44. The predicted octanol–water partition coefficient (Wildman–Crippen LogP) is -2.11. The van der Waals surface area contributed by atoms with E-state index in [0.717, 1.165) is 6.08 Å². The zero-order valence-corrected chi connectivity index (χ0v) is 8.60. The summed E-state index contributed by atoms with van der Waals surface area (Å²) in [6, 6.07) is 0. The molecular weight excluding hydrogens is 234 g/mol. The average molecular weight is 243 g/mol. The Balaban J connectivity index is 2.62. The van der Waals surface area contributed by atoms with Gasteiger partial charge >= 0.3 is 23.0 Å². The molecule has 1 heterocycles. The predicted molar refractivity (Wildman–Crippen MR) is 54.2 cm³/mol. The molecule has 0 aliphatic heterocycles. The second kappa shape index (κ2) is 5.61. The molecule has 1 aromatic heterocycles. The molecule has 0 radical (unpaired) electrons. The van der Waals surface area contributed by atoms with Crippen LogP contribution in [0.4, 0.5) is 0 Å². The Morgan fingerprint density at radius 3 is 2.41 bits per heavy atom. The van der Waals surface area contributed by atoms with Crippen LogP contribution in [-0.2, 0) is 21.1 Å². The number of nitrogens with one attached hydrogen (secondary N) is 2. The molecule has 0 saturated heterocycles. The number of carbonyl (C=O) groups is 1.